The Labute approximate surface area is 255 Å². The molecule has 42 heavy (non-hydrogen) atoms. The SMILES string of the molecule is Cc1cc(OC(=O)C(C)(C)C)cc(C=N[C@@H]2CCCC[C@H]2NC(=S)N[C@H](C(=O)NCc2ccccc2)C(C)(C)C)c1O. The van der Waals surface area contributed by atoms with E-state index in [1.165, 1.54) is 0 Å². The molecule has 1 amide bonds. The minimum atomic E-state index is -0.651. The molecule has 0 unspecified atom stereocenters. The van der Waals surface area contributed by atoms with Gasteiger partial charge in [0.15, 0.2) is 5.11 Å². The molecule has 1 saturated carbocycles. The molecule has 8 nitrogen and oxygen atoms in total. The highest BCUT2D eigenvalue weighted by atomic mass is 32.1. The van der Waals surface area contributed by atoms with Gasteiger partial charge in [-0.2, -0.15) is 0 Å². The first-order valence-corrected chi connectivity index (χ1v) is 15.0. The number of phenols is 1. The molecule has 3 rings (SSSR count). The number of nitrogens with one attached hydrogen (secondary N) is 3. The van der Waals surface area contributed by atoms with E-state index in [1.54, 1.807) is 46.0 Å². The average Bonchev–Trinajstić information content (AvgIpc) is 2.91. The van der Waals surface area contributed by atoms with Crippen molar-refractivity contribution in [2.24, 2.45) is 15.8 Å². The summed E-state index contributed by atoms with van der Waals surface area (Å²) in [5, 5.41) is 20.8. The van der Waals surface area contributed by atoms with Crippen LogP contribution in [0.25, 0.3) is 0 Å². The Morgan fingerprint density at radius 1 is 1.10 bits per heavy atom. The van der Waals surface area contributed by atoms with Gasteiger partial charge >= 0.3 is 5.97 Å². The summed E-state index contributed by atoms with van der Waals surface area (Å²) >= 11 is 5.69. The van der Waals surface area contributed by atoms with Gasteiger partial charge in [0.1, 0.15) is 17.5 Å². The number of carbonyl (C=O) groups is 2. The van der Waals surface area contributed by atoms with E-state index in [4.69, 9.17) is 21.9 Å². The quantitative estimate of drug-likeness (QED) is 0.137. The lowest BCUT2D eigenvalue weighted by Gasteiger charge is -2.34. The van der Waals surface area contributed by atoms with Crippen molar-refractivity contribution in [2.75, 3.05) is 0 Å². The molecule has 228 valence electrons. The highest BCUT2D eigenvalue weighted by Crippen LogP contribution is 2.29. The zero-order valence-corrected chi connectivity index (χ0v) is 26.7. The van der Waals surface area contributed by atoms with Crippen LogP contribution in [-0.2, 0) is 16.1 Å². The molecule has 0 saturated heterocycles. The molecule has 4 N–H and O–H groups in total. The number of thiocarbonyl (C=S) groups is 1. The maximum Gasteiger partial charge on any atom is 0.316 e. The molecule has 0 aromatic heterocycles. The molecule has 0 heterocycles. The molecular formula is C33H46N4O4S. The third-order valence-corrected chi connectivity index (χ3v) is 7.53. The lowest BCUT2D eigenvalue weighted by molar-refractivity contribution is -0.143. The number of amides is 1. The minimum Gasteiger partial charge on any atom is -0.507 e. The molecule has 2 aromatic rings. The number of benzene rings is 2. The summed E-state index contributed by atoms with van der Waals surface area (Å²) in [5.41, 5.74) is 1.08. The Morgan fingerprint density at radius 2 is 1.76 bits per heavy atom. The fraction of sp³-hybridized carbons (Fsp3) is 0.515. The van der Waals surface area contributed by atoms with E-state index >= 15 is 0 Å². The summed E-state index contributed by atoms with van der Waals surface area (Å²) in [7, 11) is 0. The normalized spacial score (nSPS) is 18.3. The van der Waals surface area contributed by atoms with Crippen LogP contribution in [-0.4, -0.2) is 46.4 Å². The van der Waals surface area contributed by atoms with Gasteiger partial charge in [-0.15, -0.1) is 0 Å². The lowest BCUT2D eigenvalue weighted by atomic mass is 9.86. The van der Waals surface area contributed by atoms with Crippen LogP contribution in [0.1, 0.15) is 83.9 Å². The van der Waals surface area contributed by atoms with Crippen molar-refractivity contribution in [3.05, 3.63) is 59.2 Å². The van der Waals surface area contributed by atoms with Gasteiger partial charge in [0.2, 0.25) is 5.91 Å². The van der Waals surface area contributed by atoms with E-state index in [0.29, 0.717) is 28.5 Å². The first-order chi connectivity index (χ1) is 19.6. The first-order valence-electron chi connectivity index (χ1n) is 14.6. The largest absolute Gasteiger partial charge is 0.507 e. The maximum absolute atomic E-state index is 13.2. The lowest BCUT2D eigenvalue weighted by Crippen LogP contribution is -2.58. The average molecular weight is 595 g/mol. The van der Waals surface area contributed by atoms with Crippen molar-refractivity contribution in [1.29, 1.82) is 0 Å². The van der Waals surface area contributed by atoms with E-state index < -0.39 is 11.5 Å². The number of rotatable bonds is 8. The number of esters is 1. The standard InChI is InChI=1S/C33H46N4O4S/c1-21-17-24(41-30(40)33(5,6)7)18-23(27(21)38)20-34-25-15-11-12-16-26(25)36-31(42)37-28(32(2,3)4)29(39)35-19-22-13-9-8-10-14-22/h8-10,13-14,17-18,20,25-26,28,38H,11-12,15-16,19H2,1-7H3,(H,35,39)(H2,36,37,42)/t25-,26-,28-/m1/s1. The predicted molar refractivity (Wildman–Crippen MR) is 172 cm³/mol. The molecule has 1 aliphatic rings. The third-order valence-electron chi connectivity index (χ3n) is 7.29. The Bertz CT molecular complexity index is 1280. The fourth-order valence-corrected chi connectivity index (χ4v) is 5.00. The molecule has 0 aliphatic heterocycles. The van der Waals surface area contributed by atoms with Crippen molar-refractivity contribution >= 4 is 35.4 Å². The Morgan fingerprint density at radius 3 is 2.40 bits per heavy atom. The van der Waals surface area contributed by atoms with Gasteiger partial charge in [0, 0.05) is 18.3 Å². The predicted octanol–water partition coefficient (Wildman–Crippen LogP) is 5.58. The van der Waals surface area contributed by atoms with Crippen LogP contribution in [0.15, 0.2) is 47.5 Å². The van der Waals surface area contributed by atoms with E-state index in [2.05, 4.69) is 16.0 Å². The zero-order chi connectivity index (χ0) is 31.1. The van der Waals surface area contributed by atoms with Gasteiger partial charge in [0.05, 0.1) is 17.5 Å². The summed E-state index contributed by atoms with van der Waals surface area (Å²) in [6.45, 7) is 13.6. The van der Waals surface area contributed by atoms with Crippen LogP contribution in [0.2, 0.25) is 0 Å². The monoisotopic (exact) mass is 594 g/mol. The van der Waals surface area contributed by atoms with Gasteiger partial charge in [-0.3, -0.25) is 14.6 Å². The van der Waals surface area contributed by atoms with Crippen molar-refractivity contribution in [3.8, 4) is 11.5 Å². The van der Waals surface area contributed by atoms with Crippen molar-refractivity contribution in [3.63, 3.8) is 0 Å². The Balaban J connectivity index is 1.69. The van der Waals surface area contributed by atoms with Gasteiger partial charge in [-0.05, 0) is 81.4 Å². The molecule has 0 spiro atoms. The highest BCUT2D eigenvalue weighted by Gasteiger charge is 2.33. The second-order valence-corrected chi connectivity index (χ2v) is 13.6. The number of carbonyl (C=O) groups excluding carboxylic acids is 2. The molecule has 1 fully saturated rings. The number of phenolic OH excluding ortho intramolecular Hbond substituents is 1. The number of aliphatic imine (C=N–C) groups is 1. The van der Waals surface area contributed by atoms with E-state index in [1.807, 2.05) is 51.1 Å². The van der Waals surface area contributed by atoms with Crippen molar-refractivity contribution in [1.82, 2.24) is 16.0 Å². The summed E-state index contributed by atoms with van der Waals surface area (Å²) in [4.78, 5) is 30.4. The number of hydrogen-bond acceptors (Lipinski definition) is 6. The molecular weight excluding hydrogens is 548 g/mol. The Hall–Kier alpha value is -3.46. The van der Waals surface area contributed by atoms with Crippen LogP contribution in [0.4, 0.5) is 0 Å². The maximum atomic E-state index is 13.2. The van der Waals surface area contributed by atoms with Crippen LogP contribution in [0, 0.1) is 17.8 Å². The minimum absolute atomic E-state index is 0.0341. The summed E-state index contributed by atoms with van der Waals surface area (Å²) in [6.07, 6.45) is 5.44. The number of nitrogens with zero attached hydrogens (tertiary/aromatic N) is 1. The molecule has 0 radical (unpaired) electrons. The number of aryl methyl sites for hydroxylation is 1. The summed E-state index contributed by atoms with van der Waals surface area (Å²) < 4.78 is 5.56. The molecule has 2 aromatic carbocycles. The summed E-state index contributed by atoms with van der Waals surface area (Å²) in [5.74, 6) is -0.00238. The van der Waals surface area contributed by atoms with Crippen LogP contribution in [0.3, 0.4) is 0 Å². The van der Waals surface area contributed by atoms with Crippen LogP contribution < -0.4 is 20.7 Å². The van der Waals surface area contributed by atoms with Gasteiger partial charge in [-0.1, -0.05) is 63.9 Å². The van der Waals surface area contributed by atoms with E-state index in [9.17, 15) is 14.7 Å². The Kier molecular flexibility index (Phi) is 11.1. The third kappa shape index (κ3) is 9.54. The zero-order valence-electron chi connectivity index (χ0n) is 25.9. The van der Waals surface area contributed by atoms with Gasteiger partial charge in [0.25, 0.3) is 0 Å². The van der Waals surface area contributed by atoms with Crippen LogP contribution in [0.5, 0.6) is 11.5 Å². The molecule has 0 bridgehead atoms. The number of aromatic hydroxyl groups is 1. The fourth-order valence-electron chi connectivity index (χ4n) is 4.73. The topological polar surface area (TPSA) is 112 Å². The van der Waals surface area contributed by atoms with E-state index in [-0.39, 0.29) is 35.1 Å². The van der Waals surface area contributed by atoms with Crippen molar-refractivity contribution < 1.29 is 19.4 Å². The van der Waals surface area contributed by atoms with Crippen molar-refractivity contribution in [2.45, 2.75) is 98.8 Å². The number of ether oxygens (including phenoxy) is 1. The molecule has 3 atom stereocenters. The highest BCUT2D eigenvalue weighted by molar-refractivity contribution is 7.80. The first kappa shape index (κ1) is 33.0. The molecule has 1 aliphatic carbocycles. The number of hydrogen-bond donors (Lipinski definition) is 4. The van der Waals surface area contributed by atoms with Crippen LogP contribution >= 0.6 is 12.2 Å². The molecule has 9 heteroatoms. The second-order valence-electron chi connectivity index (χ2n) is 13.2. The van der Waals surface area contributed by atoms with Gasteiger partial charge < -0.3 is 25.8 Å². The van der Waals surface area contributed by atoms with E-state index in [0.717, 1.165) is 31.2 Å². The van der Waals surface area contributed by atoms with Gasteiger partial charge in [-0.25, -0.2) is 0 Å². The smallest absolute Gasteiger partial charge is 0.316 e. The second kappa shape index (κ2) is 14.1. The summed E-state index contributed by atoms with van der Waals surface area (Å²) in [6, 6.07) is 12.4.